The Labute approximate surface area is 178 Å². The minimum absolute atomic E-state index is 0.103. The Bertz CT molecular complexity index is 974. The van der Waals surface area contributed by atoms with Crippen molar-refractivity contribution < 1.29 is 24.2 Å². The molecule has 6 nitrogen and oxygen atoms in total. The molecular weight excluding hydrogens is 410 g/mol. The maximum Gasteiger partial charge on any atom is 0.266 e. The van der Waals surface area contributed by atoms with Gasteiger partial charge in [-0.3, -0.25) is 9.69 Å². The number of thioether (sulfide) groups is 1. The maximum absolute atomic E-state index is 13.0. The first kappa shape index (κ1) is 20.9. The van der Waals surface area contributed by atoms with Gasteiger partial charge in [0.25, 0.3) is 5.91 Å². The molecule has 0 spiro atoms. The van der Waals surface area contributed by atoms with Crippen LogP contribution in [0.15, 0.2) is 53.4 Å². The van der Waals surface area contributed by atoms with Crippen LogP contribution >= 0.6 is 24.0 Å². The number of hydrogen-bond donors (Lipinski definition) is 0. The number of methoxy groups -OCH3 is 2. The molecule has 0 aliphatic carbocycles. The van der Waals surface area contributed by atoms with Gasteiger partial charge in [0.1, 0.15) is 15.8 Å². The third-order valence-electron chi connectivity index (χ3n) is 4.40. The van der Waals surface area contributed by atoms with E-state index in [2.05, 4.69) is 0 Å². The van der Waals surface area contributed by atoms with Crippen molar-refractivity contribution in [2.45, 2.75) is 12.5 Å². The van der Waals surface area contributed by atoms with Crippen molar-refractivity contribution in [1.29, 1.82) is 0 Å². The largest absolute Gasteiger partial charge is 0.548 e. The molecule has 0 N–H and O–H groups in total. The molecule has 1 fully saturated rings. The van der Waals surface area contributed by atoms with Crippen molar-refractivity contribution in [3.63, 3.8) is 0 Å². The third kappa shape index (κ3) is 4.60. The Hall–Kier alpha value is -2.84. The highest BCUT2D eigenvalue weighted by molar-refractivity contribution is 8.26. The Morgan fingerprint density at radius 3 is 2.55 bits per heavy atom. The Balaban J connectivity index is 1.92. The van der Waals surface area contributed by atoms with Gasteiger partial charge in [-0.25, -0.2) is 0 Å². The van der Waals surface area contributed by atoms with E-state index in [4.69, 9.17) is 21.7 Å². The number of carboxylic acid groups (broad SMARTS) is 1. The fourth-order valence-electron chi connectivity index (χ4n) is 2.96. The molecule has 0 radical (unpaired) electrons. The number of hydrogen-bond acceptors (Lipinski definition) is 7. The first-order valence-electron chi connectivity index (χ1n) is 8.68. The van der Waals surface area contributed by atoms with Crippen LogP contribution in [0, 0.1) is 0 Å². The SMILES string of the molecule is COc1ccc(OC)c(/C=C2\SC(=S)N([C@@H](Cc3ccccc3)C(=O)[O-])C2=O)c1. The number of carboxylic acids is 1. The second-order valence-corrected chi connectivity index (χ2v) is 7.86. The van der Waals surface area contributed by atoms with Crippen LogP contribution in [0.25, 0.3) is 6.08 Å². The van der Waals surface area contributed by atoms with E-state index in [1.807, 2.05) is 6.07 Å². The van der Waals surface area contributed by atoms with E-state index >= 15 is 0 Å². The molecule has 1 amide bonds. The molecular formula is C21H18NO5S2-. The summed E-state index contributed by atoms with van der Waals surface area (Å²) in [7, 11) is 3.06. The van der Waals surface area contributed by atoms with E-state index < -0.39 is 17.9 Å². The first-order valence-corrected chi connectivity index (χ1v) is 9.91. The predicted molar refractivity (Wildman–Crippen MR) is 113 cm³/mol. The minimum Gasteiger partial charge on any atom is -0.548 e. The van der Waals surface area contributed by atoms with E-state index in [-0.39, 0.29) is 10.7 Å². The van der Waals surface area contributed by atoms with E-state index in [0.29, 0.717) is 22.0 Å². The van der Waals surface area contributed by atoms with Crippen LogP contribution in [0.3, 0.4) is 0 Å². The molecule has 1 heterocycles. The van der Waals surface area contributed by atoms with Gasteiger partial charge in [-0.1, -0.05) is 54.3 Å². The summed E-state index contributed by atoms with van der Waals surface area (Å²) in [6.45, 7) is 0. The Kier molecular flexibility index (Phi) is 6.56. The molecule has 2 aromatic rings. The fraction of sp³-hybridized carbons (Fsp3) is 0.190. The van der Waals surface area contributed by atoms with Gasteiger partial charge in [-0.05, 0) is 36.3 Å². The molecule has 8 heteroatoms. The lowest BCUT2D eigenvalue weighted by atomic mass is 10.0. The monoisotopic (exact) mass is 428 g/mol. The molecule has 1 aliphatic rings. The lowest BCUT2D eigenvalue weighted by Gasteiger charge is -2.27. The van der Waals surface area contributed by atoms with Gasteiger partial charge >= 0.3 is 0 Å². The molecule has 1 aliphatic heterocycles. The molecule has 150 valence electrons. The van der Waals surface area contributed by atoms with Crippen LogP contribution in [0.1, 0.15) is 11.1 Å². The number of benzene rings is 2. The van der Waals surface area contributed by atoms with Gasteiger partial charge in [0.15, 0.2) is 0 Å². The summed E-state index contributed by atoms with van der Waals surface area (Å²) in [4.78, 5) is 26.2. The van der Waals surface area contributed by atoms with Crippen molar-refractivity contribution in [2.75, 3.05) is 14.2 Å². The Morgan fingerprint density at radius 1 is 1.21 bits per heavy atom. The highest BCUT2D eigenvalue weighted by atomic mass is 32.2. The quantitative estimate of drug-likeness (QED) is 0.494. The number of ether oxygens (including phenoxy) is 2. The zero-order chi connectivity index (χ0) is 21.0. The van der Waals surface area contributed by atoms with Crippen molar-refractivity contribution >= 4 is 46.3 Å². The number of carbonyl (C=O) groups is 2. The summed E-state index contributed by atoms with van der Waals surface area (Å²) in [5.41, 5.74) is 1.40. The fourth-order valence-corrected chi connectivity index (χ4v) is 4.31. The predicted octanol–water partition coefficient (Wildman–Crippen LogP) is 2.27. The zero-order valence-corrected chi connectivity index (χ0v) is 17.4. The smallest absolute Gasteiger partial charge is 0.266 e. The molecule has 0 bridgehead atoms. The van der Waals surface area contributed by atoms with Gasteiger partial charge in [0, 0.05) is 5.56 Å². The number of carbonyl (C=O) groups excluding carboxylic acids is 2. The average Bonchev–Trinajstić information content (AvgIpc) is 2.99. The maximum atomic E-state index is 13.0. The highest BCUT2D eigenvalue weighted by Gasteiger charge is 2.38. The number of thiocarbonyl (C=S) groups is 1. The van der Waals surface area contributed by atoms with Crippen molar-refractivity contribution in [2.24, 2.45) is 0 Å². The molecule has 0 aromatic heterocycles. The third-order valence-corrected chi connectivity index (χ3v) is 5.73. The molecule has 1 saturated heterocycles. The molecule has 1 atom stereocenters. The highest BCUT2D eigenvalue weighted by Crippen LogP contribution is 2.36. The molecule has 0 unspecified atom stereocenters. The van der Waals surface area contributed by atoms with Crippen LogP contribution < -0.4 is 14.6 Å². The van der Waals surface area contributed by atoms with Gasteiger partial charge in [-0.15, -0.1) is 0 Å². The molecule has 0 saturated carbocycles. The van der Waals surface area contributed by atoms with Crippen LogP contribution in [0.5, 0.6) is 11.5 Å². The van der Waals surface area contributed by atoms with Gasteiger partial charge in [0.2, 0.25) is 0 Å². The van der Waals surface area contributed by atoms with E-state index in [9.17, 15) is 14.7 Å². The van der Waals surface area contributed by atoms with Crippen LogP contribution in [0.4, 0.5) is 0 Å². The summed E-state index contributed by atoms with van der Waals surface area (Å²) in [5.74, 6) is -0.679. The summed E-state index contributed by atoms with van der Waals surface area (Å²) in [5, 5.41) is 11.8. The summed E-state index contributed by atoms with van der Waals surface area (Å²) >= 11 is 6.36. The van der Waals surface area contributed by atoms with Gasteiger partial charge in [-0.2, -0.15) is 0 Å². The second kappa shape index (κ2) is 9.11. The topological polar surface area (TPSA) is 78.9 Å². The summed E-state index contributed by atoms with van der Waals surface area (Å²) in [6.07, 6.45) is 1.72. The standard InChI is InChI=1S/C21H19NO5S2/c1-26-15-8-9-17(27-2)14(11-15)12-18-19(23)22(21(28)29-18)16(20(24)25)10-13-6-4-3-5-7-13/h3-9,11-12,16H,10H2,1-2H3,(H,24,25)/p-1/b18-12-/t16-/m0/s1. The molecule has 3 rings (SSSR count). The first-order chi connectivity index (χ1) is 13.9. The van der Waals surface area contributed by atoms with Crippen LogP contribution in [-0.2, 0) is 16.0 Å². The lowest BCUT2D eigenvalue weighted by molar-refractivity contribution is -0.310. The van der Waals surface area contributed by atoms with E-state index in [1.165, 1.54) is 7.11 Å². The minimum atomic E-state index is -1.36. The van der Waals surface area contributed by atoms with Crippen molar-refractivity contribution in [3.8, 4) is 11.5 Å². The molecule has 2 aromatic carbocycles. The molecule has 29 heavy (non-hydrogen) atoms. The second-order valence-electron chi connectivity index (χ2n) is 6.18. The zero-order valence-electron chi connectivity index (χ0n) is 15.8. The number of rotatable bonds is 7. The van der Waals surface area contributed by atoms with Gasteiger partial charge in [0.05, 0.1) is 31.1 Å². The summed E-state index contributed by atoms with van der Waals surface area (Å²) in [6, 6.07) is 13.0. The van der Waals surface area contributed by atoms with Crippen LogP contribution in [0.2, 0.25) is 0 Å². The van der Waals surface area contributed by atoms with Crippen molar-refractivity contribution in [1.82, 2.24) is 4.90 Å². The lowest BCUT2D eigenvalue weighted by Crippen LogP contribution is -2.51. The number of amides is 1. The van der Waals surface area contributed by atoms with Crippen molar-refractivity contribution in [3.05, 3.63) is 64.6 Å². The normalized spacial score (nSPS) is 16.2. The van der Waals surface area contributed by atoms with E-state index in [0.717, 1.165) is 22.2 Å². The Morgan fingerprint density at radius 2 is 1.93 bits per heavy atom. The van der Waals surface area contributed by atoms with Crippen LogP contribution in [-0.4, -0.2) is 41.4 Å². The van der Waals surface area contributed by atoms with Gasteiger partial charge < -0.3 is 19.4 Å². The summed E-state index contributed by atoms with van der Waals surface area (Å²) < 4.78 is 10.7. The number of aliphatic carboxylic acids is 1. The van der Waals surface area contributed by atoms with E-state index in [1.54, 1.807) is 55.7 Å². The average molecular weight is 429 g/mol. The number of nitrogens with zero attached hydrogens (tertiary/aromatic N) is 1.